The van der Waals surface area contributed by atoms with Gasteiger partial charge in [0.1, 0.15) is 12.0 Å². The Balaban J connectivity index is 1.67. The molecule has 2 heterocycles. The van der Waals surface area contributed by atoms with Crippen LogP contribution in [0.25, 0.3) is 10.9 Å². The number of fused-ring (bicyclic) bond motifs is 1. The molecule has 0 saturated carbocycles. The van der Waals surface area contributed by atoms with Crippen LogP contribution >= 0.6 is 43.5 Å². The molecule has 0 amide bonds. The van der Waals surface area contributed by atoms with Crippen LogP contribution in [0.3, 0.4) is 0 Å². The highest BCUT2D eigenvalue weighted by molar-refractivity contribution is 9.10. The molecule has 0 bridgehead atoms. The third-order valence-electron chi connectivity index (χ3n) is 5.11. The van der Waals surface area contributed by atoms with Crippen LogP contribution in [0.4, 0.5) is 5.69 Å². The predicted molar refractivity (Wildman–Crippen MR) is 145 cm³/mol. The summed E-state index contributed by atoms with van der Waals surface area (Å²) in [5, 5.41) is 16.0. The normalized spacial score (nSPS) is 11.3. The Morgan fingerprint density at radius 1 is 1.22 bits per heavy atom. The molecule has 4 rings (SSSR count). The van der Waals surface area contributed by atoms with Crippen LogP contribution in [-0.2, 0) is 6.42 Å². The van der Waals surface area contributed by atoms with Gasteiger partial charge in [-0.15, -0.1) is 0 Å². The van der Waals surface area contributed by atoms with Gasteiger partial charge in [0.25, 0.3) is 11.2 Å². The number of hydrogen-bond acceptors (Lipinski definition) is 7. The van der Waals surface area contributed by atoms with Crippen LogP contribution in [0.2, 0.25) is 5.02 Å². The molecule has 0 aliphatic heterocycles. The second-order valence-corrected chi connectivity index (χ2v) is 9.86. The van der Waals surface area contributed by atoms with Crippen molar-refractivity contribution in [3.8, 4) is 11.6 Å². The fourth-order valence-electron chi connectivity index (χ4n) is 3.33. The Hall–Kier alpha value is -3.15. The van der Waals surface area contributed by atoms with Crippen molar-refractivity contribution >= 4 is 66.3 Å². The maximum absolute atomic E-state index is 13.2. The number of unbranched alkanes of at least 4 members (excludes halogenated alkanes) is 1. The van der Waals surface area contributed by atoms with Crippen LogP contribution in [0.1, 0.15) is 31.2 Å². The van der Waals surface area contributed by atoms with Gasteiger partial charge in [-0.05, 0) is 58.2 Å². The van der Waals surface area contributed by atoms with Gasteiger partial charge in [-0.25, -0.2) is 9.97 Å². The Morgan fingerprint density at radius 3 is 2.69 bits per heavy atom. The second kappa shape index (κ2) is 11.3. The van der Waals surface area contributed by atoms with E-state index in [1.165, 1.54) is 23.0 Å². The fourth-order valence-corrected chi connectivity index (χ4v) is 4.63. The molecule has 0 fully saturated rings. The lowest BCUT2D eigenvalue weighted by Crippen LogP contribution is -2.22. The maximum Gasteiger partial charge on any atom is 0.287 e. The number of rotatable bonds is 8. The van der Waals surface area contributed by atoms with Crippen molar-refractivity contribution in [2.45, 2.75) is 26.2 Å². The number of pyridine rings is 1. The molecule has 0 aliphatic rings. The highest BCUT2D eigenvalue weighted by atomic mass is 79.9. The van der Waals surface area contributed by atoms with Crippen LogP contribution < -0.4 is 10.3 Å². The van der Waals surface area contributed by atoms with Gasteiger partial charge in [0.2, 0.25) is 5.88 Å². The molecular formula is C24H18Br2ClN5O4. The van der Waals surface area contributed by atoms with E-state index in [0.717, 1.165) is 23.5 Å². The molecule has 184 valence electrons. The minimum absolute atomic E-state index is 0.144. The first-order valence-corrected chi connectivity index (χ1v) is 12.8. The average Bonchev–Trinajstić information content (AvgIpc) is 2.85. The topological polar surface area (TPSA) is 113 Å². The van der Waals surface area contributed by atoms with E-state index in [0.29, 0.717) is 33.2 Å². The summed E-state index contributed by atoms with van der Waals surface area (Å²) in [7, 11) is 0. The zero-order chi connectivity index (χ0) is 25.8. The first kappa shape index (κ1) is 25.9. The lowest BCUT2D eigenvalue weighted by atomic mass is 10.2. The summed E-state index contributed by atoms with van der Waals surface area (Å²) in [4.78, 5) is 32.1. The maximum atomic E-state index is 13.2. The molecule has 0 aliphatic carbocycles. The molecule has 0 N–H and O–H groups in total. The molecule has 0 saturated heterocycles. The number of halogens is 3. The molecule has 4 aromatic rings. The van der Waals surface area contributed by atoms with Crippen molar-refractivity contribution in [3.63, 3.8) is 0 Å². The van der Waals surface area contributed by atoms with Gasteiger partial charge in [0.05, 0.1) is 31.5 Å². The zero-order valence-corrected chi connectivity index (χ0v) is 22.7. The lowest BCUT2D eigenvalue weighted by Gasteiger charge is -2.11. The van der Waals surface area contributed by atoms with E-state index >= 15 is 0 Å². The summed E-state index contributed by atoms with van der Waals surface area (Å²) in [6.07, 6.45) is 5.04. The average molecular weight is 636 g/mol. The summed E-state index contributed by atoms with van der Waals surface area (Å²) < 4.78 is 8.31. The molecule has 0 unspecified atom stereocenters. The first-order valence-electron chi connectivity index (χ1n) is 10.8. The highest BCUT2D eigenvalue weighted by Gasteiger charge is 2.14. The van der Waals surface area contributed by atoms with Crippen LogP contribution in [0.15, 0.2) is 67.5 Å². The molecule has 9 nitrogen and oxygen atoms in total. The quantitative estimate of drug-likeness (QED) is 0.118. The van der Waals surface area contributed by atoms with E-state index in [-0.39, 0.29) is 27.9 Å². The molecule has 0 radical (unpaired) electrons. The molecule has 2 aromatic carbocycles. The van der Waals surface area contributed by atoms with Gasteiger partial charge < -0.3 is 4.74 Å². The number of benzene rings is 2. The van der Waals surface area contributed by atoms with E-state index in [9.17, 15) is 14.9 Å². The SMILES string of the molecule is CCCCc1nc2ccc(Br)cc2c(=O)n1N=Cc1cc(Cl)c(Oc2ccc([N+](=O)[O-])cn2)c(Br)c1. The van der Waals surface area contributed by atoms with E-state index in [1.807, 2.05) is 6.07 Å². The van der Waals surface area contributed by atoms with Gasteiger partial charge in [-0.2, -0.15) is 9.78 Å². The van der Waals surface area contributed by atoms with Crippen molar-refractivity contribution in [3.05, 3.63) is 94.5 Å². The lowest BCUT2D eigenvalue weighted by molar-refractivity contribution is -0.385. The molecule has 0 atom stereocenters. The highest BCUT2D eigenvalue weighted by Crippen LogP contribution is 2.37. The van der Waals surface area contributed by atoms with Crippen LogP contribution in [0, 0.1) is 10.1 Å². The summed E-state index contributed by atoms with van der Waals surface area (Å²) in [6.45, 7) is 2.07. The zero-order valence-electron chi connectivity index (χ0n) is 18.8. The second-order valence-electron chi connectivity index (χ2n) is 7.68. The fraction of sp³-hybridized carbons (Fsp3) is 0.167. The number of aryl methyl sites for hydroxylation is 1. The Bertz CT molecular complexity index is 1520. The smallest absolute Gasteiger partial charge is 0.287 e. The van der Waals surface area contributed by atoms with Crippen molar-refractivity contribution in [1.82, 2.24) is 14.6 Å². The molecule has 2 aromatic heterocycles. The molecule has 36 heavy (non-hydrogen) atoms. The molecule has 0 spiro atoms. The Morgan fingerprint density at radius 2 is 2.03 bits per heavy atom. The van der Waals surface area contributed by atoms with Crippen molar-refractivity contribution in [1.29, 1.82) is 0 Å². The first-order chi connectivity index (χ1) is 17.3. The van der Waals surface area contributed by atoms with Crippen LogP contribution in [0.5, 0.6) is 11.6 Å². The van der Waals surface area contributed by atoms with Gasteiger partial charge in [0.15, 0.2) is 5.75 Å². The van der Waals surface area contributed by atoms with Crippen LogP contribution in [-0.4, -0.2) is 25.8 Å². The largest absolute Gasteiger partial charge is 0.436 e. The van der Waals surface area contributed by atoms with Gasteiger partial charge in [-0.1, -0.05) is 40.9 Å². The Kier molecular flexibility index (Phi) is 8.12. The number of nitro groups is 1. The summed E-state index contributed by atoms with van der Waals surface area (Å²) >= 11 is 13.3. The standard InChI is InChI=1S/C24H18Br2ClN5O4/c1-2-3-4-21-30-20-7-5-15(25)11-17(20)24(33)31(21)29-12-14-9-18(26)23(19(27)10-14)36-22-8-6-16(13-28-22)32(34)35/h5-13H,2-4H2,1H3. The number of ether oxygens (including phenoxy) is 1. The third kappa shape index (κ3) is 5.80. The number of aromatic nitrogens is 3. The van der Waals surface area contributed by atoms with Crippen molar-refractivity contribution in [2.75, 3.05) is 0 Å². The molecular weight excluding hydrogens is 618 g/mol. The summed E-state index contributed by atoms with van der Waals surface area (Å²) in [5.74, 6) is 1.00. The minimum atomic E-state index is -0.545. The Labute approximate surface area is 227 Å². The van der Waals surface area contributed by atoms with E-state index in [4.69, 9.17) is 16.3 Å². The number of nitrogens with zero attached hydrogens (tertiary/aromatic N) is 5. The monoisotopic (exact) mass is 633 g/mol. The van der Waals surface area contributed by atoms with Crippen molar-refractivity contribution < 1.29 is 9.66 Å². The van der Waals surface area contributed by atoms with Gasteiger partial charge in [0, 0.05) is 23.0 Å². The number of hydrogen-bond donors (Lipinski definition) is 0. The molecule has 12 heteroatoms. The van der Waals surface area contributed by atoms with E-state index in [1.54, 1.807) is 24.3 Å². The summed E-state index contributed by atoms with van der Waals surface area (Å²) in [6, 6.07) is 11.4. The van der Waals surface area contributed by atoms with E-state index in [2.05, 4.69) is 53.9 Å². The third-order valence-corrected chi connectivity index (χ3v) is 6.47. The predicted octanol–water partition coefficient (Wildman–Crippen LogP) is 6.90. The van der Waals surface area contributed by atoms with Gasteiger partial charge >= 0.3 is 0 Å². The van der Waals surface area contributed by atoms with E-state index < -0.39 is 4.92 Å². The minimum Gasteiger partial charge on any atom is -0.436 e. The van der Waals surface area contributed by atoms with Crippen molar-refractivity contribution in [2.24, 2.45) is 5.10 Å². The van der Waals surface area contributed by atoms with Gasteiger partial charge in [-0.3, -0.25) is 14.9 Å². The summed E-state index contributed by atoms with van der Waals surface area (Å²) in [5.41, 5.74) is 0.813.